The van der Waals surface area contributed by atoms with Gasteiger partial charge in [-0.15, -0.1) is 0 Å². The van der Waals surface area contributed by atoms with Gasteiger partial charge in [0.2, 0.25) is 5.69 Å². The molecule has 2 aromatic carbocycles. The predicted octanol–water partition coefficient (Wildman–Crippen LogP) is 6.12. The topological polar surface area (TPSA) is 64.9 Å². The van der Waals surface area contributed by atoms with E-state index in [2.05, 4.69) is 39.7 Å². The molecule has 2 atom stereocenters. The van der Waals surface area contributed by atoms with Crippen LogP contribution in [-0.4, -0.2) is 36.4 Å². The van der Waals surface area contributed by atoms with Gasteiger partial charge in [0.1, 0.15) is 11.3 Å². The van der Waals surface area contributed by atoms with Crippen molar-refractivity contribution in [1.29, 1.82) is 0 Å². The summed E-state index contributed by atoms with van der Waals surface area (Å²) in [6, 6.07) is 11.8. The van der Waals surface area contributed by atoms with Gasteiger partial charge in [0.15, 0.2) is 0 Å². The Bertz CT molecular complexity index is 1670. The highest BCUT2D eigenvalue weighted by molar-refractivity contribution is 6.00. The number of pyridine rings is 1. The van der Waals surface area contributed by atoms with Gasteiger partial charge in [-0.3, -0.25) is 9.67 Å². The fourth-order valence-electron chi connectivity index (χ4n) is 5.87. The third kappa shape index (κ3) is 4.15. The first-order valence-corrected chi connectivity index (χ1v) is 12.6. The van der Waals surface area contributed by atoms with Gasteiger partial charge in [0.05, 0.1) is 42.0 Å². The first-order chi connectivity index (χ1) is 17.9. The van der Waals surface area contributed by atoms with Crippen molar-refractivity contribution in [2.45, 2.75) is 45.3 Å². The third-order valence-corrected chi connectivity index (χ3v) is 7.44. The van der Waals surface area contributed by atoms with Crippen molar-refractivity contribution >= 4 is 27.6 Å². The zero-order valence-electron chi connectivity index (χ0n) is 21.1. The summed E-state index contributed by atoms with van der Waals surface area (Å²) in [6.45, 7) is 12.6. The minimum atomic E-state index is -0.546. The summed E-state index contributed by atoms with van der Waals surface area (Å²) in [7, 11) is 1.91. The van der Waals surface area contributed by atoms with Gasteiger partial charge in [-0.2, -0.15) is 5.10 Å². The van der Waals surface area contributed by atoms with Crippen molar-refractivity contribution in [1.82, 2.24) is 29.6 Å². The number of imidazole rings is 1. The zero-order valence-corrected chi connectivity index (χ0v) is 21.1. The molecule has 1 aliphatic heterocycles. The molecule has 0 aliphatic carbocycles. The Hall–Kier alpha value is -4.09. The number of benzene rings is 2. The highest BCUT2D eigenvalue weighted by Crippen LogP contribution is 2.38. The molecule has 8 heteroatoms. The largest absolute Gasteiger partial charge is 0.329 e. The number of hydrogen-bond acceptors (Lipinski definition) is 4. The average molecular weight is 494 g/mol. The van der Waals surface area contributed by atoms with Crippen molar-refractivity contribution in [2.75, 3.05) is 0 Å². The van der Waals surface area contributed by atoms with Crippen LogP contribution in [0.4, 0.5) is 10.1 Å². The van der Waals surface area contributed by atoms with E-state index >= 15 is 0 Å². The maximum atomic E-state index is 14.8. The molecule has 6 rings (SSSR count). The fourth-order valence-corrected chi connectivity index (χ4v) is 5.87. The molecule has 37 heavy (non-hydrogen) atoms. The van der Waals surface area contributed by atoms with Crippen molar-refractivity contribution in [2.24, 2.45) is 13.0 Å². The van der Waals surface area contributed by atoms with E-state index in [1.54, 1.807) is 6.07 Å². The molecule has 0 bridgehead atoms. The van der Waals surface area contributed by atoms with E-state index in [0.717, 1.165) is 58.1 Å². The first kappa shape index (κ1) is 23.3. The lowest BCUT2D eigenvalue weighted by atomic mass is 9.89. The predicted molar refractivity (Wildman–Crippen MR) is 144 cm³/mol. The van der Waals surface area contributed by atoms with Crippen LogP contribution in [-0.2, 0) is 13.6 Å². The molecule has 0 spiro atoms. The van der Waals surface area contributed by atoms with E-state index in [4.69, 9.17) is 16.5 Å². The van der Waals surface area contributed by atoms with Crippen molar-refractivity contribution in [3.63, 3.8) is 0 Å². The second kappa shape index (κ2) is 9.09. The molecule has 2 unspecified atom stereocenters. The summed E-state index contributed by atoms with van der Waals surface area (Å²) in [6.07, 6.45) is 7.81. The van der Waals surface area contributed by atoms with E-state index in [0.29, 0.717) is 23.6 Å². The number of nitrogens with zero attached hydrogens (tertiary/aromatic N) is 6. The van der Waals surface area contributed by atoms with E-state index in [9.17, 15) is 4.39 Å². The van der Waals surface area contributed by atoms with E-state index in [-0.39, 0.29) is 5.69 Å². The van der Waals surface area contributed by atoms with Crippen LogP contribution in [0.3, 0.4) is 0 Å². The van der Waals surface area contributed by atoms with E-state index in [1.165, 1.54) is 12.1 Å². The summed E-state index contributed by atoms with van der Waals surface area (Å²) in [5, 5.41) is 8.97. The Balaban J connectivity index is 1.51. The Morgan fingerprint density at radius 3 is 2.57 bits per heavy atom. The molecule has 0 radical (unpaired) electrons. The smallest absolute Gasteiger partial charge is 0.222 e. The van der Waals surface area contributed by atoms with E-state index in [1.807, 2.05) is 42.6 Å². The third-order valence-electron chi connectivity index (χ3n) is 7.44. The fraction of sp³-hybridized carbons (Fsp3) is 0.310. The maximum Gasteiger partial charge on any atom is 0.222 e. The van der Waals surface area contributed by atoms with Gasteiger partial charge in [-0.05, 0) is 56.4 Å². The number of rotatable bonds is 4. The number of fused-ring (bicyclic) bond motifs is 2. The number of aromatic nitrogens is 5. The molecule has 186 valence electrons. The van der Waals surface area contributed by atoms with Crippen LogP contribution in [0.5, 0.6) is 0 Å². The van der Waals surface area contributed by atoms with Gasteiger partial charge < -0.3 is 9.88 Å². The Kier molecular flexibility index (Phi) is 5.73. The molecule has 3 aromatic heterocycles. The molecule has 1 fully saturated rings. The lowest BCUT2D eigenvalue weighted by Crippen LogP contribution is -2.43. The number of halogens is 1. The van der Waals surface area contributed by atoms with Gasteiger partial charge >= 0.3 is 0 Å². The van der Waals surface area contributed by atoms with Crippen LogP contribution in [0.25, 0.3) is 49.2 Å². The molecule has 4 heterocycles. The van der Waals surface area contributed by atoms with Gasteiger partial charge in [-0.25, -0.2) is 14.2 Å². The summed E-state index contributed by atoms with van der Waals surface area (Å²) < 4.78 is 18.8. The molecule has 0 amide bonds. The zero-order chi connectivity index (χ0) is 25.7. The Morgan fingerprint density at radius 1 is 1.03 bits per heavy atom. The second-order valence-corrected chi connectivity index (χ2v) is 10.2. The molecule has 1 saturated heterocycles. The number of nitrogens with one attached hydrogen (secondary N) is 1. The second-order valence-electron chi connectivity index (χ2n) is 10.2. The van der Waals surface area contributed by atoms with Crippen LogP contribution >= 0.6 is 0 Å². The number of hydrogen-bond donors (Lipinski definition) is 1. The monoisotopic (exact) mass is 493 g/mol. The lowest BCUT2D eigenvalue weighted by molar-refractivity contribution is 0.242. The van der Waals surface area contributed by atoms with Crippen LogP contribution in [0.15, 0.2) is 55.1 Å². The quantitative estimate of drug-likeness (QED) is 0.307. The lowest BCUT2D eigenvalue weighted by Gasteiger charge is -2.33. The van der Waals surface area contributed by atoms with Gasteiger partial charge in [-0.1, -0.05) is 18.2 Å². The van der Waals surface area contributed by atoms with Gasteiger partial charge in [0, 0.05) is 42.2 Å². The van der Waals surface area contributed by atoms with Gasteiger partial charge in [0.25, 0.3) is 0 Å². The van der Waals surface area contributed by atoms with Crippen molar-refractivity contribution < 1.29 is 4.39 Å². The summed E-state index contributed by atoms with van der Waals surface area (Å²) in [5.41, 5.74) is 5.78. The highest BCUT2D eigenvalue weighted by atomic mass is 19.1. The van der Waals surface area contributed by atoms with Crippen molar-refractivity contribution in [3.8, 4) is 22.4 Å². The van der Waals surface area contributed by atoms with Crippen LogP contribution in [0.1, 0.15) is 26.7 Å². The highest BCUT2D eigenvalue weighted by Gasteiger charge is 2.25. The molecule has 5 aromatic rings. The van der Waals surface area contributed by atoms with Crippen molar-refractivity contribution in [3.05, 3.63) is 72.4 Å². The SMILES string of the molecule is [C-]#[N+]c1ccc(-c2c(-c3ccc4c(cnn4C)c3)ncc3c2ncn3CC2CC(C)NC(C)C2)cc1F. The minimum Gasteiger partial charge on any atom is -0.329 e. The van der Waals surface area contributed by atoms with E-state index < -0.39 is 5.82 Å². The summed E-state index contributed by atoms with van der Waals surface area (Å²) >= 11 is 0. The van der Waals surface area contributed by atoms with Crippen LogP contribution < -0.4 is 5.32 Å². The molecule has 1 N–H and O–H groups in total. The Labute approximate surface area is 214 Å². The van der Waals surface area contributed by atoms with Crippen LogP contribution in [0, 0.1) is 18.3 Å². The normalized spacial score (nSPS) is 19.9. The number of aryl methyl sites for hydroxylation is 1. The summed E-state index contributed by atoms with van der Waals surface area (Å²) in [4.78, 5) is 13.0. The first-order valence-electron chi connectivity index (χ1n) is 12.6. The molecular weight excluding hydrogens is 465 g/mol. The van der Waals surface area contributed by atoms with Crippen LogP contribution in [0.2, 0.25) is 0 Å². The summed E-state index contributed by atoms with van der Waals surface area (Å²) in [5.74, 6) is -0.00886. The standard InChI is InChI=1S/C29H28FN7/c1-17-9-19(10-18(2)35-17)15-37-16-33-29-26(37)14-32-28(21-6-8-25-22(11-21)13-34-36(25)4)27(29)20-5-7-24(31-3)23(30)12-20/h5-8,11-14,16-19,35H,9-10,15H2,1-2,4H3. The molecular formula is C29H28FN7. The maximum absolute atomic E-state index is 14.8. The number of piperidine rings is 1. The minimum absolute atomic E-state index is 0.00175. The Morgan fingerprint density at radius 2 is 1.81 bits per heavy atom. The molecule has 7 nitrogen and oxygen atoms in total. The molecule has 1 aliphatic rings. The molecule has 0 saturated carbocycles. The average Bonchev–Trinajstić information content (AvgIpc) is 3.45.